The van der Waals surface area contributed by atoms with Gasteiger partial charge in [0.15, 0.2) is 25.4 Å². The van der Waals surface area contributed by atoms with Crippen LogP contribution in [0.1, 0.15) is 151 Å². The second-order valence-corrected chi connectivity index (χ2v) is 25.7. The topological polar surface area (TPSA) is 223 Å². The quantitative estimate of drug-likeness (QED) is 0.0448. The van der Waals surface area contributed by atoms with Crippen molar-refractivity contribution in [1.29, 1.82) is 0 Å². The Labute approximate surface area is 522 Å². The summed E-state index contributed by atoms with van der Waals surface area (Å²) in [4.78, 5) is 116. The molecular weight excluding hydrogens is 1150 g/mol. The van der Waals surface area contributed by atoms with Crippen molar-refractivity contribution in [2.45, 2.75) is 190 Å². The van der Waals surface area contributed by atoms with Crippen LogP contribution in [-0.2, 0) is 91.0 Å². The highest BCUT2D eigenvalue weighted by molar-refractivity contribution is 5.92. The van der Waals surface area contributed by atoms with E-state index < -0.39 is 115 Å². The summed E-state index contributed by atoms with van der Waals surface area (Å²) in [6.45, 7) is 5.98. The van der Waals surface area contributed by atoms with Crippen molar-refractivity contribution in [2.75, 3.05) is 67.8 Å². The minimum Gasteiger partial charge on any atom is -0.458 e. The van der Waals surface area contributed by atoms with Crippen molar-refractivity contribution in [1.82, 2.24) is 20.0 Å². The average molecular weight is 1240 g/mol. The molecule has 4 fully saturated rings. The summed E-state index contributed by atoms with van der Waals surface area (Å²) in [6.07, 6.45) is 3.17. The molecule has 7 rings (SSSR count). The number of esters is 5. The van der Waals surface area contributed by atoms with Crippen LogP contribution in [0.2, 0.25) is 0 Å². The molecule has 2 heterocycles. The van der Waals surface area contributed by atoms with E-state index in [-0.39, 0.29) is 56.5 Å². The molecule has 89 heavy (non-hydrogen) atoms. The van der Waals surface area contributed by atoms with Crippen LogP contribution in [0.4, 0.5) is 8.78 Å². The van der Waals surface area contributed by atoms with Gasteiger partial charge < -0.3 is 53.2 Å². The molecule has 2 saturated heterocycles. The number of rotatable bonds is 33. The number of carbonyl (C=O) groups is 8. The van der Waals surface area contributed by atoms with E-state index in [2.05, 4.69) is 5.32 Å². The summed E-state index contributed by atoms with van der Waals surface area (Å²) in [5.74, 6) is -6.37. The van der Waals surface area contributed by atoms with Crippen LogP contribution in [0.5, 0.6) is 0 Å². The van der Waals surface area contributed by atoms with E-state index in [1.807, 2.05) is 54.6 Å². The number of nitrogens with zero attached hydrogens (tertiary/aromatic N) is 3. The zero-order valence-corrected chi connectivity index (χ0v) is 53.1. The molecule has 2 aliphatic carbocycles. The van der Waals surface area contributed by atoms with E-state index in [4.69, 9.17) is 33.2 Å². The second-order valence-electron chi connectivity index (χ2n) is 25.7. The number of halogens is 2. The fraction of sp³-hybridized carbons (Fsp3) is 0.618. The monoisotopic (exact) mass is 1240 g/mol. The van der Waals surface area contributed by atoms with E-state index in [9.17, 15) is 42.7 Å². The number of alkyl halides is 2. The third-order valence-corrected chi connectivity index (χ3v) is 17.3. The standard InChI is InChI=1S/C68H92F2N4O15/c1-67(2,69)39-53(71-5)63(79)88-57(27-22-44-18-23-49(24-19-44)51-28-32-83-33-29-51)61(77)73(7)54(36-45-14-15-45)64(80)86-42-59(75)72(6)56(40-68(3,4)70)66(82)89-58(38-47-20-25-50(26-21-47)52-30-34-84-35-31-52)62(78)74(8)55(37-46-16-17-46)65(81)87-43-60(76)85-41-48-12-10-9-11-13-48/h9-13,18-21,23-26,45-46,51-58,71H,14-17,22,27-43H2,1-8H3/t53-,54-,55-,56-,57+,58+/m0/s1. The summed E-state index contributed by atoms with van der Waals surface area (Å²) >= 11 is 0. The Morgan fingerprint density at radius 1 is 0.539 bits per heavy atom. The van der Waals surface area contributed by atoms with Crippen molar-refractivity contribution in [2.24, 2.45) is 11.8 Å². The molecule has 21 heteroatoms. The normalized spacial score (nSPS) is 17.8. The van der Waals surface area contributed by atoms with Crippen molar-refractivity contribution in [3.63, 3.8) is 0 Å². The first-order valence-electron chi connectivity index (χ1n) is 31.5. The summed E-state index contributed by atoms with van der Waals surface area (Å²) in [5.41, 5.74) is 0.567. The second kappa shape index (κ2) is 32.8. The van der Waals surface area contributed by atoms with Crippen LogP contribution in [0, 0.1) is 11.8 Å². The minimum atomic E-state index is -2.10. The number of ether oxygens (including phenoxy) is 7. The van der Waals surface area contributed by atoms with Crippen LogP contribution in [0.15, 0.2) is 78.9 Å². The molecule has 19 nitrogen and oxygen atoms in total. The van der Waals surface area contributed by atoms with Gasteiger partial charge in [0.1, 0.15) is 42.1 Å². The van der Waals surface area contributed by atoms with Gasteiger partial charge in [-0.1, -0.05) is 105 Å². The molecule has 1 N–H and O–H groups in total. The Hall–Kier alpha value is -6.84. The first-order chi connectivity index (χ1) is 42.4. The number of hydrogen-bond donors (Lipinski definition) is 1. The lowest BCUT2D eigenvalue weighted by Gasteiger charge is -2.33. The third-order valence-electron chi connectivity index (χ3n) is 17.3. The summed E-state index contributed by atoms with van der Waals surface area (Å²) < 4.78 is 70.3. The third kappa shape index (κ3) is 22.3. The Balaban J connectivity index is 1.06. The molecule has 0 spiro atoms. The molecule has 3 amide bonds. The lowest BCUT2D eigenvalue weighted by atomic mass is 9.90. The zero-order valence-electron chi connectivity index (χ0n) is 53.1. The van der Waals surface area contributed by atoms with Crippen LogP contribution in [0.3, 0.4) is 0 Å². The molecule has 3 aromatic rings. The number of likely N-dealkylation sites (N-methyl/N-ethyl adjacent to an activating group) is 4. The maximum absolute atomic E-state index is 15.9. The summed E-state index contributed by atoms with van der Waals surface area (Å²) in [7, 11) is 5.47. The van der Waals surface area contributed by atoms with Gasteiger partial charge in [0.2, 0.25) is 0 Å². The molecule has 2 saturated carbocycles. The van der Waals surface area contributed by atoms with Gasteiger partial charge >= 0.3 is 29.8 Å². The van der Waals surface area contributed by atoms with Crippen LogP contribution < -0.4 is 5.32 Å². The highest BCUT2D eigenvalue weighted by Crippen LogP contribution is 2.37. The van der Waals surface area contributed by atoms with Crippen LogP contribution in [-0.4, -0.2) is 178 Å². The van der Waals surface area contributed by atoms with E-state index in [1.54, 1.807) is 24.3 Å². The molecule has 6 atom stereocenters. The fourth-order valence-electron chi connectivity index (χ4n) is 11.4. The molecule has 0 radical (unpaired) electrons. The summed E-state index contributed by atoms with van der Waals surface area (Å²) in [5, 5.41) is 2.79. The van der Waals surface area contributed by atoms with Gasteiger partial charge in [0, 0.05) is 66.8 Å². The zero-order chi connectivity index (χ0) is 64.4. The number of benzene rings is 3. The first-order valence-corrected chi connectivity index (χ1v) is 31.5. The van der Waals surface area contributed by atoms with Gasteiger partial charge in [-0.2, -0.15) is 0 Å². The smallest absolute Gasteiger partial charge is 0.344 e. The van der Waals surface area contributed by atoms with E-state index in [0.717, 1.165) is 82.8 Å². The molecule has 2 aliphatic heterocycles. The molecule has 488 valence electrons. The predicted octanol–water partition coefficient (Wildman–Crippen LogP) is 8.25. The van der Waals surface area contributed by atoms with E-state index in [0.29, 0.717) is 44.3 Å². The largest absolute Gasteiger partial charge is 0.458 e. The Morgan fingerprint density at radius 2 is 1.01 bits per heavy atom. The van der Waals surface area contributed by atoms with Crippen molar-refractivity contribution >= 4 is 47.6 Å². The maximum Gasteiger partial charge on any atom is 0.344 e. The molecule has 0 aromatic heterocycles. The number of carbonyl (C=O) groups excluding carboxylic acids is 8. The summed E-state index contributed by atoms with van der Waals surface area (Å²) in [6, 6.07) is 19.2. The average Bonchev–Trinajstić information content (AvgIpc) is 3.80. The maximum atomic E-state index is 15.9. The number of hydrogen-bond acceptors (Lipinski definition) is 16. The molecular formula is C68H92F2N4O15. The predicted molar refractivity (Wildman–Crippen MR) is 325 cm³/mol. The number of aryl methyl sites for hydroxylation is 1. The Kier molecular flexibility index (Phi) is 25.6. The van der Waals surface area contributed by atoms with E-state index >= 15 is 4.39 Å². The van der Waals surface area contributed by atoms with Crippen LogP contribution >= 0.6 is 0 Å². The van der Waals surface area contributed by atoms with Crippen molar-refractivity contribution in [3.8, 4) is 0 Å². The lowest BCUT2D eigenvalue weighted by molar-refractivity contribution is -0.172. The van der Waals surface area contributed by atoms with Gasteiger partial charge in [-0.3, -0.25) is 19.2 Å². The number of amides is 3. The Morgan fingerprint density at radius 3 is 1.49 bits per heavy atom. The molecule has 0 unspecified atom stereocenters. The van der Waals surface area contributed by atoms with Crippen LogP contribution in [0.25, 0.3) is 0 Å². The SMILES string of the molecule is CN[C@@H](CC(C)(C)F)C(=O)O[C@H](CCc1ccc(C2CCOCC2)cc1)C(=O)N(C)[C@@H](CC1CC1)C(=O)OCC(=O)N(C)[C@@H](CC(C)(C)F)C(=O)O[C@H](Cc1ccc(C2CCOCC2)cc1)C(=O)N(C)[C@@H](CC1CC1)C(=O)OCC(=O)OCc1ccccc1. The first kappa shape index (κ1) is 69.6. The lowest BCUT2D eigenvalue weighted by Crippen LogP contribution is -2.53. The van der Waals surface area contributed by atoms with Crippen molar-refractivity contribution < 1.29 is 80.3 Å². The van der Waals surface area contributed by atoms with Gasteiger partial charge in [0.25, 0.3) is 17.7 Å². The molecule has 3 aromatic carbocycles. The van der Waals surface area contributed by atoms with Crippen molar-refractivity contribution in [3.05, 3.63) is 107 Å². The van der Waals surface area contributed by atoms with Gasteiger partial charge in [-0.15, -0.1) is 0 Å². The number of nitrogens with one attached hydrogen (secondary N) is 1. The minimum absolute atomic E-state index is 0.0188. The molecule has 4 aliphatic rings. The van der Waals surface area contributed by atoms with E-state index in [1.165, 1.54) is 61.4 Å². The highest BCUT2D eigenvalue weighted by atomic mass is 19.1. The molecule has 0 bridgehead atoms. The van der Waals surface area contributed by atoms with Gasteiger partial charge in [-0.25, -0.2) is 28.0 Å². The Bertz CT molecular complexity index is 2830. The van der Waals surface area contributed by atoms with Gasteiger partial charge in [0.05, 0.1) is 0 Å². The highest BCUT2D eigenvalue weighted by Gasteiger charge is 2.43. The van der Waals surface area contributed by atoms with Gasteiger partial charge in [-0.05, 0) is 138 Å². The fourth-order valence-corrected chi connectivity index (χ4v) is 11.4.